The number of carboxylic acid groups (broad SMARTS) is 1. The van der Waals surface area contributed by atoms with Crippen molar-refractivity contribution in [2.45, 2.75) is 43.8 Å². The monoisotopic (exact) mass is 392 g/mol. The molecule has 2 aliphatic rings. The zero-order valence-corrected chi connectivity index (χ0v) is 15.1. The third-order valence-corrected chi connectivity index (χ3v) is 4.55. The highest BCUT2D eigenvalue weighted by atomic mass is 19.4. The molecule has 2 fully saturated rings. The summed E-state index contributed by atoms with van der Waals surface area (Å²) in [4.78, 5) is 15.6. The molecule has 0 saturated carbocycles. The number of fused-ring (bicyclic) bond motifs is 1. The number of methoxy groups -OCH3 is 2. The molecule has 7 nitrogen and oxygen atoms in total. The van der Waals surface area contributed by atoms with E-state index in [0.29, 0.717) is 11.9 Å². The first-order valence-electron chi connectivity index (χ1n) is 8.44. The van der Waals surface area contributed by atoms with Gasteiger partial charge in [-0.3, -0.25) is 4.90 Å². The van der Waals surface area contributed by atoms with Gasteiger partial charge in [0.2, 0.25) is 5.88 Å². The van der Waals surface area contributed by atoms with Crippen molar-refractivity contribution < 1.29 is 37.3 Å². The molecule has 1 N–H and O–H groups in total. The average molecular weight is 392 g/mol. The summed E-state index contributed by atoms with van der Waals surface area (Å²) in [6.07, 6.45) is -0.651. The van der Waals surface area contributed by atoms with Crippen molar-refractivity contribution in [1.29, 1.82) is 0 Å². The summed E-state index contributed by atoms with van der Waals surface area (Å²) in [5.74, 6) is -2.05. The van der Waals surface area contributed by atoms with E-state index in [1.165, 1.54) is 6.42 Å². The molecule has 0 unspecified atom stereocenters. The van der Waals surface area contributed by atoms with Gasteiger partial charge in [0.25, 0.3) is 0 Å². The molecule has 3 heterocycles. The summed E-state index contributed by atoms with van der Waals surface area (Å²) in [5, 5.41) is 7.12. The van der Waals surface area contributed by atoms with Crippen molar-refractivity contribution in [2.75, 3.05) is 27.4 Å². The molecule has 0 aliphatic carbocycles. The summed E-state index contributed by atoms with van der Waals surface area (Å²) >= 11 is 0. The maximum atomic E-state index is 10.6. The van der Waals surface area contributed by atoms with E-state index < -0.39 is 12.1 Å². The van der Waals surface area contributed by atoms with Crippen LogP contribution in [0, 0.1) is 0 Å². The smallest absolute Gasteiger partial charge is 0.481 e. The van der Waals surface area contributed by atoms with Crippen molar-refractivity contribution in [3.63, 3.8) is 0 Å². The Balaban J connectivity index is 0.000000321. The third kappa shape index (κ3) is 5.53. The van der Waals surface area contributed by atoms with E-state index in [1.54, 1.807) is 20.4 Å². The average Bonchev–Trinajstić information content (AvgIpc) is 3.00. The molecule has 1 aromatic rings. The number of carbonyl (C=O) groups is 1. The largest absolute Gasteiger partial charge is 0.490 e. The molecule has 27 heavy (non-hydrogen) atoms. The van der Waals surface area contributed by atoms with Crippen LogP contribution in [0.1, 0.15) is 18.4 Å². The minimum absolute atomic E-state index is 0.169. The molecule has 0 amide bonds. The molecule has 0 radical (unpaired) electrons. The first kappa shape index (κ1) is 21.4. The zero-order valence-electron chi connectivity index (χ0n) is 15.1. The van der Waals surface area contributed by atoms with Crippen LogP contribution < -0.4 is 4.74 Å². The van der Waals surface area contributed by atoms with E-state index in [4.69, 9.17) is 24.1 Å². The molecule has 1 aromatic heterocycles. The van der Waals surface area contributed by atoms with E-state index in [0.717, 1.165) is 31.7 Å². The maximum absolute atomic E-state index is 10.6. The Bertz CT molecular complexity index is 629. The fourth-order valence-electron chi connectivity index (χ4n) is 3.34. The predicted octanol–water partition coefficient (Wildman–Crippen LogP) is 2.10. The summed E-state index contributed by atoms with van der Waals surface area (Å²) in [7, 11) is 3.44. The highest BCUT2D eigenvalue weighted by Gasteiger charge is 2.44. The minimum Gasteiger partial charge on any atom is -0.481 e. The number of likely N-dealkylation sites (tertiary alicyclic amines) is 1. The van der Waals surface area contributed by atoms with Crippen molar-refractivity contribution >= 4 is 5.97 Å². The number of alkyl halides is 3. The second-order valence-corrected chi connectivity index (χ2v) is 6.22. The van der Waals surface area contributed by atoms with Gasteiger partial charge in [0.15, 0.2) is 0 Å². The molecule has 2 saturated heterocycles. The predicted molar refractivity (Wildman–Crippen MR) is 88.4 cm³/mol. The lowest BCUT2D eigenvalue weighted by molar-refractivity contribution is -0.192. The van der Waals surface area contributed by atoms with Gasteiger partial charge in [-0.25, -0.2) is 9.78 Å². The van der Waals surface area contributed by atoms with Gasteiger partial charge in [-0.1, -0.05) is 6.07 Å². The molecule has 0 bridgehead atoms. The van der Waals surface area contributed by atoms with Gasteiger partial charge in [0, 0.05) is 44.6 Å². The molecule has 0 spiro atoms. The standard InChI is InChI=1S/C15H22N2O3.C2HF3O2/c1-18-13-10-17(12-6-4-8-20-14(12)13)9-11-5-3-7-16-15(11)19-2;3-2(4,5)1(6)7/h3,5,7,12-14H,4,6,8-10H2,1-2H3;(H,6,7)/t12-,13+,14+;/m1./s1. The summed E-state index contributed by atoms with van der Waals surface area (Å²) in [5.41, 5.74) is 1.12. The Morgan fingerprint density at radius 1 is 1.44 bits per heavy atom. The van der Waals surface area contributed by atoms with Gasteiger partial charge in [-0.15, -0.1) is 0 Å². The van der Waals surface area contributed by atoms with E-state index in [2.05, 4.69) is 16.0 Å². The lowest BCUT2D eigenvalue weighted by Gasteiger charge is -2.32. The summed E-state index contributed by atoms with van der Waals surface area (Å²) in [6.45, 7) is 2.59. The normalized spacial score (nSPS) is 25.3. The number of carboxylic acids is 1. The fraction of sp³-hybridized carbons (Fsp3) is 0.647. The maximum Gasteiger partial charge on any atom is 0.490 e. The first-order valence-corrected chi connectivity index (χ1v) is 8.44. The second kappa shape index (κ2) is 9.34. The van der Waals surface area contributed by atoms with Crippen LogP contribution in [0.5, 0.6) is 5.88 Å². The first-order chi connectivity index (χ1) is 12.8. The van der Waals surface area contributed by atoms with Crippen molar-refractivity contribution in [3.8, 4) is 5.88 Å². The second-order valence-electron chi connectivity index (χ2n) is 6.22. The van der Waals surface area contributed by atoms with Gasteiger partial charge in [-0.05, 0) is 18.9 Å². The number of aliphatic carboxylic acids is 1. The fourth-order valence-corrected chi connectivity index (χ4v) is 3.34. The minimum atomic E-state index is -5.08. The van der Waals surface area contributed by atoms with Crippen molar-refractivity contribution in [3.05, 3.63) is 23.9 Å². The van der Waals surface area contributed by atoms with Crippen LogP contribution in [0.3, 0.4) is 0 Å². The SMILES string of the molecule is COc1ncccc1CN1C[C@H](OC)[C@H]2OCCC[C@H]21.O=C(O)C(F)(F)F. The molecule has 0 aromatic carbocycles. The number of aromatic nitrogens is 1. The number of halogens is 3. The number of ether oxygens (including phenoxy) is 3. The van der Waals surface area contributed by atoms with Gasteiger partial charge in [0.05, 0.1) is 13.2 Å². The molecule has 2 aliphatic heterocycles. The highest BCUT2D eigenvalue weighted by Crippen LogP contribution is 2.32. The van der Waals surface area contributed by atoms with Gasteiger partial charge >= 0.3 is 12.1 Å². The van der Waals surface area contributed by atoms with Gasteiger partial charge in [-0.2, -0.15) is 13.2 Å². The lowest BCUT2D eigenvalue weighted by atomic mass is 10.0. The number of nitrogens with zero attached hydrogens (tertiary/aromatic N) is 2. The van der Waals surface area contributed by atoms with Crippen LogP contribution in [-0.2, 0) is 20.8 Å². The Kier molecular flexibility index (Phi) is 7.40. The zero-order chi connectivity index (χ0) is 20.0. The van der Waals surface area contributed by atoms with E-state index in [9.17, 15) is 13.2 Å². The molecule has 10 heteroatoms. The van der Waals surface area contributed by atoms with Crippen LogP contribution >= 0.6 is 0 Å². The van der Waals surface area contributed by atoms with Crippen LogP contribution in [0.2, 0.25) is 0 Å². The van der Waals surface area contributed by atoms with E-state index >= 15 is 0 Å². The highest BCUT2D eigenvalue weighted by molar-refractivity contribution is 5.73. The Hall–Kier alpha value is -1.91. The van der Waals surface area contributed by atoms with Gasteiger partial charge in [0.1, 0.15) is 6.10 Å². The van der Waals surface area contributed by atoms with Crippen LogP contribution in [0.4, 0.5) is 13.2 Å². The number of hydrogen-bond donors (Lipinski definition) is 1. The molecule has 3 rings (SSSR count). The Morgan fingerprint density at radius 3 is 2.74 bits per heavy atom. The Morgan fingerprint density at radius 2 is 2.15 bits per heavy atom. The van der Waals surface area contributed by atoms with E-state index in [1.807, 2.05) is 6.07 Å². The molecule has 152 valence electrons. The molecular formula is C17H23F3N2O5. The van der Waals surface area contributed by atoms with Gasteiger partial charge < -0.3 is 19.3 Å². The number of hydrogen-bond acceptors (Lipinski definition) is 6. The summed E-state index contributed by atoms with van der Waals surface area (Å²) in [6, 6.07) is 4.47. The number of rotatable bonds is 4. The molecule has 3 atom stereocenters. The van der Waals surface area contributed by atoms with Crippen molar-refractivity contribution in [2.24, 2.45) is 0 Å². The Labute approximate surface area is 155 Å². The van der Waals surface area contributed by atoms with Crippen molar-refractivity contribution in [1.82, 2.24) is 9.88 Å². The van der Waals surface area contributed by atoms with E-state index in [-0.39, 0.29) is 12.2 Å². The third-order valence-electron chi connectivity index (χ3n) is 4.55. The van der Waals surface area contributed by atoms with Crippen LogP contribution in [-0.4, -0.2) is 72.8 Å². The molecular weight excluding hydrogens is 369 g/mol. The lowest BCUT2D eigenvalue weighted by Crippen LogP contribution is -2.41. The quantitative estimate of drug-likeness (QED) is 0.840. The number of pyridine rings is 1. The topological polar surface area (TPSA) is 81.1 Å². The van der Waals surface area contributed by atoms with Crippen LogP contribution in [0.15, 0.2) is 18.3 Å². The summed E-state index contributed by atoms with van der Waals surface area (Å²) < 4.78 is 48.6. The van der Waals surface area contributed by atoms with Crippen LogP contribution in [0.25, 0.3) is 0 Å².